The van der Waals surface area contributed by atoms with Crippen LogP contribution in [-0.2, 0) is 0 Å². The quantitative estimate of drug-likeness (QED) is 0.639. The smallest absolute Gasteiger partial charge is 0.201 e. The van der Waals surface area contributed by atoms with E-state index in [1.165, 1.54) is 0 Å². The molecule has 1 unspecified atom stereocenters. The largest absolute Gasteiger partial charge is 0.399 e. The number of benzene rings is 1. The van der Waals surface area contributed by atoms with Crippen molar-refractivity contribution in [2.45, 2.75) is 12.8 Å². The summed E-state index contributed by atoms with van der Waals surface area (Å²) in [4.78, 5) is 12.0. The van der Waals surface area contributed by atoms with Gasteiger partial charge >= 0.3 is 0 Å². The lowest BCUT2D eigenvalue weighted by molar-refractivity contribution is 0.790. The molecule has 0 radical (unpaired) electrons. The molecule has 2 heterocycles. The van der Waals surface area contributed by atoms with E-state index in [1.807, 2.05) is 29.8 Å². The Bertz CT molecular complexity index is 673. The first-order valence-corrected chi connectivity index (χ1v) is 6.99. The highest BCUT2D eigenvalue weighted by molar-refractivity contribution is 7.09. The van der Waals surface area contributed by atoms with Crippen molar-refractivity contribution in [1.29, 1.82) is 0 Å². The third-order valence-electron chi connectivity index (χ3n) is 2.95. The Hall–Kier alpha value is -2.08. The number of nitrogens with two attached hydrogens (primary N) is 1. The first-order chi connectivity index (χ1) is 9.22. The number of nitrogens with zero attached hydrogens (tertiary/aromatic N) is 2. The SMILES string of the molecule is CC(CNc1nc2ccc(N)cc2[nH]1)c1nccs1. The van der Waals surface area contributed by atoms with Gasteiger partial charge in [-0.3, -0.25) is 0 Å². The van der Waals surface area contributed by atoms with E-state index >= 15 is 0 Å². The highest BCUT2D eigenvalue weighted by atomic mass is 32.1. The molecule has 0 aliphatic rings. The monoisotopic (exact) mass is 273 g/mol. The summed E-state index contributed by atoms with van der Waals surface area (Å²) in [7, 11) is 0. The van der Waals surface area contributed by atoms with Gasteiger partial charge in [-0.25, -0.2) is 9.97 Å². The number of hydrogen-bond donors (Lipinski definition) is 3. The highest BCUT2D eigenvalue weighted by Gasteiger charge is 2.09. The summed E-state index contributed by atoms with van der Waals surface area (Å²) >= 11 is 1.67. The van der Waals surface area contributed by atoms with Gasteiger partial charge in [0.2, 0.25) is 5.95 Å². The van der Waals surface area contributed by atoms with E-state index in [9.17, 15) is 0 Å². The van der Waals surface area contributed by atoms with Crippen molar-refractivity contribution in [2.24, 2.45) is 0 Å². The maximum atomic E-state index is 5.74. The minimum Gasteiger partial charge on any atom is -0.399 e. The summed E-state index contributed by atoms with van der Waals surface area (Å²) in [5.41, 5.74) is 8.34. The van der Waals surface area contributed by atoms with Crippen LogP contribution in [0.3, 0.4) is 0 Å². The molecule has 6 heteroatoms. The van der Waals surface area contributed by atoms with Crippen LogP contribution >= 0.6 is 11.3 Å². The molecule has 2 aromatic heterocycles. The Morgan fingerprint density at radius 3 is 3.16 bits per heavy atom. The molecule has 5 nitrogen and oxygen atoms in total. The molecule has 0 fully saturated rings. The molecule has 4 N–H and O–H groups in total. The lowest BCUT2D eigenvalue weighted by Gasteiger charge is -2.08. The molecule has 0 bridgehead atoms. The third-order valence-corrected chi connectivity index (χ3v) is 3.96. The third kappa shape index (κ3) is 2.53. The number of anilines is 2. The molecule has 0 amide bonds. The molecule has 1 atom stereocenters. The van der Waals surface area contributed by atoms with E-state index in [1.54, 1.807) is 11.3 Å². The summed E-state index contributed by atoms with van der Waals surface area (Å²) < 4.78 is 0. The fraction of sp³-hybridized carbons (Fsp3) is 0.231. The second-order valence-corrected chi connectivity index (χ2v) is 5.44. The number of fused-ring (bicyclic) bond motifs is 1. The van der Waals surface area contributed by atoms with Crippen molar-refractivity contribution in [2.75, 3.05) is 17.6 Å². The van der Waals surface area contributed by atoms with Crippen molar-refractivity contribution in [3.8, 4) is 0 Å². The van der Waals surface area contributed by atoms with Gasteiger partial charge in [-0.05, 0) is 18.2 Å². The van der Waals surface area contributed by atoms with E-state index in [0.29, 0.717) is 5.92 Å². The summed E-state index contributed by atoms with van der Waals surface area (Å²) in [6.45, 7) is 2.94. The topological polar surface area (TPSA) is 79.6 Å². The normalized spacial score (nSPS) is 12.7. The highest BCUT2D eigenvalue weighted by Crippen LogP contribution is 2.20. The van der Waals surface area contributed by atoms with E-state index in [-0.39, 0.29) is 0 Å². The summed E-state index contributed by atoms with van der Waals surface area (Å²) in [6, 6.07) is 5.65. The van der Waals surface area contributed by atoms with Gasteiger partial charge in [0, 0.05) is 29.7 Å². The number of thiazole rings is 1. The minimum atomic E-state index is 0.360. The second-order valence-electron chi connectivity index (χ2n) is 4.51. The van der Waals surface area contributed by atoms with Crippen LogP contribution in [0.2, 0.25) is 0 Å². The fourth-order valence-corrected chi connectivity index (χ4v) is 2.62. The molecule has 19 heavy (non-hydrogen) atoms. The Balaban J connectivity index is 1.71. The fourth-order valence-electron chi connectivity index (χ4n) is 1.93. The number of nitrogens with one attached hydrogen (secondary N) is 2. The molecule has 98 valence electrons. The number of nitrogen functional groups attached to an aromatic ring is 1. The molecular formula is C13H15N5S. The lowest BCUT2D eigenvalue weighted by Crippen LogP contribution is -2.10. The first kappa shape index (κ1) is 12.0. The molecule has 0 saturated heterocycles. The van der Waals surface area contributed by atoms with Crippen molar-refractivity contribution in [3.63, 3.8) is 0 Å². The number of rotatable bonds is 4. The van der Waals surface area contributed by atoms with E-state index < -0.39 is 0 Å². The first-order valence-electron chi connectivity index (χ1n) is 6.11. The Kier molecular flexibility index (Phi) is 3.08. The van der Waals surface area contributed by atoms with Crippen molar-refractivity contribution in [3.05, 3.63) is 34.8 Å². The maximum Gasteiger partial charge on any atom is 0.201 e. The van der Waals surface area contributed by atoms with Crippen LogP contribution < -0.4 is 11.1 Å². The van der Waals surface area contributed by atoms with Crippen LogP contribution in [0, 0.1) is 0 Å². The molecule has 0 saturated carbocycles. The van der Waals surface area contributed by atoms with Crippen molar-refractivity contribution < 1.29 is 0 Å². The zero-order valence-electron chi connectivity index (χ0n) is 10.6. The van der Waals surface area contributed by atoms with Gasteiger partial charge in [-0.1, -0.05) is 6.92 Å². The number of H-pyrrole nitrogens is 1. The van der Waals surface area contributed by atoms with E-state index in [2.05, 4.69) is 27.2 Å². The zero-order chi connectivity index (χ0) is 13.2. The molecule has 0 aliphatic carbocycles. The average Bonchev–Trinajstić information content (AvgIpc) is 3.04. The van der Waals surface area contributed by atoms with E-state index in [4.69, 9.17) is 5.73 Å². The van der Waals surface area contributed by atoms with E-state index in [0.717, 1.165) is 34.2 Å². The Labute approximate surface area is 114 Å². The average molecular weight is 273 g/mol. The van der Waals surface area contributed by atoms with Crippen LogP contribution in [0.1, 0.15) is 17.8 Å². The molecule has 0 aliphatic heterocycles. The predicted molar refractivity (Wildman–Crippen MR) is 79.5 cm³/mol. The summed E-state index contributed by atoms with van der Waals surface area (Å²) in [5.74, 6) is 1.13. The molecule has 3 aromatic rings. The van der Waals surface area contributed by atoms with Crippen LogP contribution in [0.25, 0.3) is 11.0 Å². The minimum absolute atomic E-state index is 0.360. The lowest BCUT2D eigenvalue weighted by atomic mass is 10.2. The van der Waals surface area contributed by atoms with Gasteiger partial charge in [-0.2, -0.15) is 0 Å². The Morgan fingerprint density at radius 1 is 1.47 bits per heavy atom. The summed E-state index contributed by atoms with van der Waals surface area (Å²) in [6.07, 6.45) is 1.83. The van der Waals surface area contributed by atoms with Crippen LogP contribution in [0.5, 0.6) is 0 Å². The predicted octanol–water partition coefficient (Wildman–Crippen LogP) is 2.82. The van der Waals surface area contributed by atoms with Gasteiger partial charge in [0.1, 0.15) is 0 Å². The standard InChI is InChI=1S/C13H15N5S/c1-8(12-15-4-5-19-12)7-16-13-17-10-3-2-9(14)6-11(10)18-13/h2-6,8H,7,14H2,1H3,(H2,16,17,18). The van der Waals surface area contributed by atoms with Crippen molar-refractivity contribution in [1.82, 2.24) is 15.0 Å². The summed E-state index contributed by atoms with van der Waals surface area (Å²) in [5, 5.41) is 6.43. The van der Waals surface area contributed by atoms with Gasteiger partial charge in [-0.15, -0.1) is 11.3 Å². The Morgan fingerprint density at radius 2 is 2.37 bits per heavy atom. The zero-order valence-corrected chi connectivity index (χ0v) is 11.4. The van der Waals surface area contributed by atoms with Gasteiger partial charge < -0.3 is 16.0 Å². The number of aromatic amines is 1. The van der Waals surface area contributed by atoms with Crippen LogP contribution in [-0.4, -0.2) is 21.5 Å². The number of hydrogen-bond acceptors (Lipinski definition) is 5. The number of aromatic nitrogens is 3. The van der Waals surface area contributed by atoms with Gasteiger partial charge in [0.05, 0.1) is 16.0 Å². The molecule has 0 spiro atoms. The number of imidazole rings is 1. The maximum absolute atomic E-state index is 5.74. The molecule has 3 rings (SSSR count). The van der Waals surface area contributed by atoms with Crippen LogP contribution in [0.4, 0.5) is 11.6 Å². The molecule has 1 aromatic carbocycles. The van der Waals surface area contributed by atoms with Gasteiger partial charge in [0.15, 0.2) is 0 Å². The van der Waals surface area contributed by atoms with Crippen molar-refractivity contribution >= 4 is 34.0 Å². The second kappa shape index (κ2) is 4.89. The van der Waals surface area contributed by atoms with Crippen LogP contribution in [0.15, 0.2) is 29.8 Å². The molecular weight excluding hydrogens is 258 g/mol. The van der Waals surface area contributed by atoms with Gasteiger partial charge in [0.25, 0.3) is 0 Å².